The molecule has 0 saturated heterocycles. The van der Waals surface area contributed by atoms with Crippen molar-refractivity contribution in [3.05, 3.63) is 125 Å². The van der Waals surface area contributed by atoms with Gasteiger partial charge in [-0.3, -0.25) is 14.5 Å². The van der Waals surface area contributed by atoms with E-state index in [0.717, 1.165) is 18.2 Å². The number of aliphatic carboxylic acids is 1. The van der Waals surface area contributed by atoms with Crippen LogP contribution >= 0.6 is 0 Å². The molecule has 4 aromatic rings. The Morgan fingerprint density at radius 1 is 1.02 bits per heavy atom. The van der Waals surface area contributed by atoms with E-state index in [1.165, 1.54) is 41.3 Å². The molecule has 2 heterocycles. The van der Waals surface area contributed by atoms with Crippen molar-refractivity contribution < 1.29 is 37.1 Å². The largest absolute Gasteiger partial charge is 0.478 e. The van der Waals surface area contributed by atoms with Crippen LogP contribution in [-0.2, 0) is 22.2 Å². The lowest BCUT2D eigenvalue weighted by Crippen LogP contribution is -2.55. The third kappa shape index (κ3) is 6.49. The van der Waals surface area contributed by atoms with E-state index in [0.29, 0.717) is 34.4 Å². The van der Waals surface area contributed by atoms with Crippen LogP contribution in [0.3, 0.4) is 0 Å². The number of nitrogens with zero attached hydrogens (tertiary/aromatic N) is 3. The summed E-state index contributed by atoms with van der Waals surface area (Å²) in [7, 11) is 0. The van der Waals surface area contributed by atoms with Gasteiger partial charge in [0, 0.05) is 29.7 Å². The molecule has 2 atom stereocenters. The van der Waals surface area contributed by atoms with E-state index in [9.17, 15) is 31.9 Å². The summed E-state index contributed by atoms with van der Waals surface area (Å²) >= 11 is 0. The molecule has 8 nitrogen and oxygen atoms in total. The lowest BCUT2D eigenvalue weighted by molar-refractivity contribution is -0.137. The SMILES string of the molecule is CCN1C(=O)[C@@H](NC(=O)c2cccc(C(F)(F)F)c2)[C@@H](c2ccc(F)cc2)c2c(CC/C=C\C(=O)O)nn(-c3ccccc3)c21. The number of anilines is 1. The fourth-order valence-electron chi connectivity index (χ4n) is 5.50. The van der Waals surface area contributed by atoms with Crippen LogP contribution in [0.15, 0.2) is 91.0 Å². The number of rotatable bonds is 9. The van der Waals surface area contributed by atoms with Crippen molar-refractivity contribution in [2.45, 2.75) is 37.9 Å². The zero-order valence-electron chi connectivity index (χ0n) is 24.0. The first-order valence-corrected chi connectivity index (χ1v) is 14.1. The van der Waals surface area contributed by atoms with Gasteiger partial charge >= 0.3 is 12.1 Å². The molecule has 12 heteroatoms. The number of hydrogen-bond acceptors (Lipinski definition) is 4. The van der Waals surface area contributed by atoms with Gasteiger partial charge in [-0.25, -0.2) is 13.9 Å². The summed E-state index contributed by atoms with van der Waals surface area (Å²) in [5.41, 5.74) is 0.844. The summed E-state index contributed by atoms with van der Waals surface area (Å²) in [4.78, 5) is 40.2. The fraction of sp³-hybridized carbons (Fsp3) is 0.212. The number of likely N-dealkylation sites (N-methyl/N-ethyl adjacent to an activating group) is 1. The van der Waals surface area contributed by atoms with E-state index < -0.39 is 47.3 Å². The summed E-state index contributed by atoms with van der Waals surface area (Å²) in [5.74, 6) is -3.57. The first-order chi connectivity index (χ1) is 21.5. The number of carboxylic acids is 1. The number of carbonyl (C=O) groups excluding carboxylic acids is 2. The van der Waals surface area contributed by atoms with Crippen molar-refractivity contribution in [1.82, 2.24) is 15.1 Å². The molecule has 1 aliphatic heterocycles. The van der Waals surface area contributed by atoms with Crippen molar-refractivity contribution in [2.24, 2.45) is 0 Å². The van der Waals surface area contributed by atoms with Crippen LogP contribution in [0.25, 0.3) is 5.69 Å². The quantitative estimate of drug-likeness (QED) is 0.179. The summed E-state index contributed by atoms with van der Waals surface area (Å²) in [6, 6.07) is 17.0. The number of aromatic nitrogens is 2. The number of amides is 2. The minimum Gasteiger partial charge on any atom is -0.478 e. The lowest BCUT2D eigenvalue weighted by atomic mass is 9.80. The standard InChI is InChI=1S/C33H28F4N4O4/c1-2-40-31-28(25(13-6-7-14-26(42)43)39-41(31)24-11-4-3-5-12-24)27(20-15-17-23(34)18-16-20)29(32(40)45)38-30(44)21-9-8-10-22(19-21)33(35,36)37/h3-5,7-12,14-19,27,29H,2,6,13H2,1H3,(H,38,44)(H,42,43)/b14-7-/t27-,29-/m0/s1. The third-order valence-electron chi connectivity index (χ3n) is 7.50. The number of carboxylic acid groups (broad SMARTS) is 1. The van der Waals surface area contributed by atoms with Gasteiger partial charge in [-0.15, -0.1) is 0 Å². The van der Waals surface area contributed by atoms with Crippen molar-refractivity contribution >= 4 is 23.6 Å². The van der Waals surface area contributed by atoms with E-state index in [2.05, 4.69) is 5.32 Å². The molecule has 1 aliphatic rings. The van der Waals surface area contributed by atoms with Gasteiger partial charge in [-0.2, -0.15) is 18.3 Å². The van der Waals surface area contributed by atoms with Crippen LogP contribution in [-0.4, -0.2) is 45.3 Å². The van der Waals surface area contributed by atoms with Gasteiger partial charge in [0.15, 0.2) is 0 Å². The molecule has 2 amide bonds. The summed E-state index contributed by atoms with van der Waals surface area (Å²) < 4.78 is 55.9. The molecule has 1 aromatic heterocycles. The number of benzene rings is 3. The van der Waals surface area contributed by atoms with Crippen molar-refractivity contribution in [3.63, 3.8) is 0 Å². The maximum Gasteiger partial charge on any atom is 0.416 e. The fourth-order valence-corrected chi connectivity index (χ4v) is 5.50. The van der Waals surface area contributed by atoms with Gasteiger partial charge in [0.05, 0.1) is 16.9 Å². The van der Waals surface area contributed by atoms with Crippen LogP contribution in [0.1, 0.15) is 52.0 Å². The number of allylic oxidation sites excluding steroid dienone is 1. The molecule has 0 saturated carbocycles. The van der Waals surface area contributed by atoms with Crippen LogP contribution in [0.2, 0.25) is 0 Å². The first kappa shape index (κ1) is 31.2. The Balaban J connectivity index is 1.68. The van der Waals surface area contributed by atoms with Gasteiger partial charge < -0.3 is 10.4 Å². The number of para-hydroxylation sites is 1. The Labute approximate surface area is 255 Å². The molecule has 3 aromatic carbocycles. The predicted octanol–water partition coefficient (Wildman–Crippen LogP) is 5.90. The number of fused-ring (bicyclic) bond motifs is 1. The van der Waals surface area contributed by atoms with Crippen LogP contribution < -0.4 is 10.2 Å². The van der Waals surface area contributed by atoms with Crippen LogP contribution in [0, 0.1) is 5.82 Å². The molecule has 0 bridgehead atoms. The molecule has 0 unspecified atom stereocenters. The van der Waals surface area contributed by atoms with Crippen LogP contribution in [0.5, 0.6) is 0 Å². The molecule has 0 radical (unpaired) electrons. The Morgan fingerprint density at radius 2 is 1.73 bits per heavy atom. The maximum atomic E-state index is 14.2. The number of alkyl halides is 3. The Bertz CT molecular complexity index is 1750. The second-order valence-electron chi connectivity index (χ2n) is 10.4. The van der Waals surface area contributed by atoms with Gasteiger partial charge in [0.1, 0.15) is 17.7 Å². The van der Waals surface area contributed by atoms with E-state index in [1.54, 1.807) is 35.9 Å². The normalized spacial score (nSPS) is 16.6. The van der Waals surface area contributed by atoms with E-state index in [1.807, 2.05) is 6.07 Å². The number of halogens is 4. The Kier molecular flexibility index (Phi) is 8.84. The van der Waals surface area contributed by atoms with Crippen LogP contribution in [0.4, 0.5) is 23.4 Å². The molecule has 2 N–H and O–H groups in total. The topological polar surface area (TPSA) is 105 Å². The van der Waals surface area contributed by atoms with E-state index in [-0.39, 0.29) is 24.9 Å². The first-order valence-electron chi connectivity index (χ1n) is 14.1. The van der Waals surface area contributed by atoms with Gasteiger partial charge in [-0.1, -0.05) is 42.5 Å². The maximum absolute atomic E-state index is 14.2. The average Bonchev–Trinajstić information content (AvgIpc) is 3.39. The zero-order valence-corrected chi connectivity index (χ0v) is 24.0. The molecular formula is C33H28F4N4O4. The highest BCUT2D eigenvalue weighted by molar-refractivity contribution is 6.05. The van der Waals surface area contributed by atoms with E-state index in [4.69, 9.17) is 10.2 Å². The highest BCUT2D eigenvalue weighted by Crippen LogP contribution is 2.44. The van der Waals surface area contributed by atoms with Crippen molar-refractivity contribution in [2.75, 3.05) is 11.4 Å². The van der Waals surface area contributed by atoms with Gasteiger partial charge in [0.25, 0.3) is 11.8 Å². The van der Waals surface area contributed by atoms with Gasteiger partial charge in [0.2, 0.25) is 0 Å². The molecule has 45 heavy (non-hydrogen) atoms. The van der Waals surface area contributed by atoms with E-state index >= 15 is 0 Å². The Morgan fingerprint density at radius 3 is 2.38 bits per heavy atom. The van der Waals surface area contributed by atoms with Crippen molar-refractivity contribution in [1.29, 1.82) is 0 Å². The second kappa shape index (κ2) is 12.8. The summed E-state index contributed by atoms with van der Waals surface area (Å²) in [6.07, 6.45) is -1.66. The highest BCUT2D eigenvalue weighted by Gasteiger charge is 2.46. The smallest absolute Gasteiger partial charge is 0.416 e. The summed E-state index contributed by atoms with van der Waals surface area (Å²) in [6.45, 7) is 1.90. The molecule has 0 aliphatic carbocycles. The minimum atomic E-state index is -4.68. The third-order valence-corrected chi connectivity index (χ3v) is 7.50. The number of carbonyl (C=O) groups is 3. The van der Waals surface area contributed by atoms with Gasteiger partial charge in [-0.05, 0) is 67.8 Å². The number of nitrogens with one attached hydrogen (secondary N) is 1. The zero-order chi connectivity index (χ0) is 32.3. The molecule has 0 spiro atoms. The Hall–Kier alpha value is -5.26. The monoisotopic (exact) mass is 620 g/mol. The summed E-state index contributed by atoms with van der Waals surface area (Å²) in [5, 5.41) is 16.6. The molecule has 232 valence electrons. The lowest BCUT2D eigenvalue weighted by Gasteiger charge is -2.38. The number of aryl methyl sites for hydroxylation is 1. The molecular weight excluding hydrogens is 592 g/mol. The molecule has 0 fully saturated rings. The minimum absolute atomic E-state index is 0.161. The second-order valence-corrected chi connectivity index (χ2v) is 10.4. The average molecular weight is 621 g/mol. The van der Waals surface area contributed by atoms with Crippen molar-refractivity contribution in [3.8, 4) is 5.69 Å². The molecule has 5 rings (SSSR count). The highest BCUT2D eigenvalue weighted by atomic mass is 19.4. The predicted molar refractivity (Wildman–Crippen MR) is 158 cm³/mol. The number of hydrogen-bond donors (Lipinski definition) is 2.